The highest BCUT2D eigenvalue weighted by atomic mass is 32.2. The van der Waals surface area contributed by atoms with Crippen LogP contribution in [0.4, 0.5) is 5.82 Å². The van der Waals surface area contributed by atoms with Gasteiger partial charge in [-0.2, -0.15) is 16.1 Å². The van der Waals surface area contributed by atoms with Gasteiger partial charge in [-0.15, -0.1) is 0 Å². The van der Waals surface area contributed by atoms with E-state index in [0.29, 0.717) is 16.2 Å². The van der Waals surface area contributed by atoms with Crippen molar-refractivity contribution in [1.82, 2.24) is 9.29 Å². The first-order valence-corrected chi connectivity index (χ1v) is 9.30. The van der Waals surface area contributed by atoms with E-state index >= 15 is 0 Å². The average molecular weight is 323 g/mol. The van der Waals surface area contributed by atoms with Crippen molar-refractivity contribution >= 4 is 38.5 Å². The number of anilines is 1. The maximum atomic E-state index is 12.7. The SMILES string of the molecule is CN(C1CCSC1)S(=O)(=O)c1ccc2nc(N)ccc2c1. The van der Waals surface area contributed by atoms with E-state index in [1.165, 1.54) is 4.31 Å². The summed E-state index contributed by atoms with van der Waals surface area (Å²) in [4.78, 5) is 4.49. The van der Waals surface area contributed by atoms with Gasteiger partial charge in [-0.1, -0.05) is 0 Å². The molecule has 5 nitrogen and oxygen atoms in total. The van der Waals surface area contributed by atoms with Crippen LogP contribution in [0.5, 0.6) is 0 Å². The van der Waals surface area contributed by atoms with Crippen molar-refractivity contribution in [1.29, 1.82) is 0 Å². The fourth-order valence-electron chi connectivity index (χ4n) is 2.45. The summed E-state index contributed by atoms with van der Waals surface area (Å²) in [6.07, 6.45) is 0.909. The number of benzene rings is 1. The number of aromatic nitrogens is 1. The molecule has 0 spiro atoms. The molecule has 1 fully saturated rings. The van der Waals surface area contributed by atoms with Crippen LogP contribution in [0.1, 0.15) is 6.42 Å². The fourth-order valence-corrected chi connectivity index (χ4v) is 5.23. The molecule has 0 radical (unpaired) electrons. The minimum atomic E-state index is -3.46. The molecule has 1 aliphatic rings. The Morgan fingerprint density at radius 1 is 1.33 bits per heavy atom. The van der Waals surface area contributed by atoms with Gasteiger partial charge in [-0.3, -0.25) is 0 Å². The quantitative estimate of drug-likeness (QED) is 0.934. The number of sulfonamides is 1. The van der Waals surface area contributed by atoms with Gasteiger partial charge in [0.15, 0.2) is 0 Å². The van der Waals surface area contributed by atoms with Gasteiger partial charge in [0.25, 0.3) is 0 Å². The lowest BCUT2D eigenvalue weighted by Gasteiger charge is -2.23. The molecule has 21 heavy (non-hydrogen) atoms. The number of nitrogens with two attached hydrogens (primary N) is 1. The number of nitrogens with zero attached hydrogens (tertiary/aromatic N) is 2. The Morgan fingerprint density at radius 3 is 2.86 bits per heavy atom. The fraction of sp³-hybridized carbons (Fsp3) is 0.357. The molecular formula is C14H17N3O2S2. The third-order valence-electron chi connectivity index (χ3n) is 3.78. The Kier molecular flexibility index (Phi) is 3.81. The molecule has 1 aromatic carbocycles. The zero-order valence-corrected chi connectivity index (χ0v) is 13.3. The highest BCUT2D eigenvalue weighted by Gasteiger charge is 2.30. The topological polar surface area (TPSA) is 76.3 Å². The van der Waals surface area contributed by atoms with E-state index in [1.807, 2.05) is 0 Å². The van der Waals surface area contributed by atoms with Crippen molar-refractivity contribution in [2.24, 2.45) is 0 Å². The van der Waals surface area contributed by atoms with Crippen LogP contribution < -0.4 is 5.73 Å². The van der Waals surface area contributed by atoms with Gasteiger partial charge in [-0.25, -0.2) is 13.4 Å². The predicted octanol–water partition coefficient (Wildman–Crippen LogP) is 1.94. The van der Waals surface area contributed by atoms with Crippen LogP contribution in [0.2, 0.25) is 0 Å². The average Bonchev–Trinajstić information content (AvgIpc) is 2.99. The van der Waals surface area contributed by atoms with Gasteiger partial charge in [0, 0.05) is 24.2 Å². The molecule has 1 saturated heterocycles. The first-order chi connectivity index (χ1) is 9.98. The minimum Gasteiger partial charge on any atom is -0.384 e. The summed E-state index contributed by atoms with van der Waals surface area (Å²) in [6.45, 7) is 0. The number of nitrogen functional groups attached to an aromatic ring is 1. The lowest BCUT2D eigenvalue weighted by Crippen LogP contribution is -2.36. The van der Waals surface area contributed by atoms with E-state index < -0.39 is 10.0 Å². The second kappa shape index (κ2) is 5.47. The maximum absolute atomic E-state index is 12.7. The van der Waals surface area contributed by atoms with E-state index in [0.717, 1.165) is 23.3 Å². The second-order valence-corrected chi connectivity index (χ2v) is 8.28. The summed E-state index contributed by atoms with van der Waals surface area (Å²) >= 11 is 1.80. The molecule has 0 bridgehead atoms. The zero-order chi connectivity index (χ0) is 15.0. The molecule has 1 atom stereocenters. The Bertz CT molecular complexity index is 771. The van der Waals surface area contributed by atoms with Crippen molar-refractivity contribution < 1.29 is 8.42 Å². The Hall–Kier alpha value is -1.31. The Morgan fingerprint density at radius 2 is 2.14 bits per heavy atom. The van der Waals surface area contributed by atoms with Crippen LogP contribution in [0.3, 0.4) is 0 Å². The summed E-state index contributed by atoms with van der Waals surface area (Å²) in [5.74, 6) is 2.31. The van der Waals surface area contributed by atoms with Gasteiger partial charge in [0.2, 0.25) is 10.0 Å². The van der Waals surface area contributed by atoms with Gasteiger partial charge in [0.05, 0.1) is 10.4 Å². The number of thioether (sulfide) groups is 1. The van der Waals surface area contributed by atoms with Crippen LogP contribution in [-0.2, 0) is 10.0 Å². The highest BCUT2D eigenvalue weighted by molar-refractivity contribution is 7.99. The molecule has 1 aliphatic heterocycles. The molecule has 7 heteroatoms. The van der Waals surface area contributed by atoms with Crippen molar-refractivity contribution in [3.63, 3.8) is 0 Å². The van der Waals surface area contributed by atoms with Crippen LogP contribution in [0, 0.1) is 0 Å². The second-order valence-electron chi connectivity index (χ2n) is 5.13. The van der Waals surface area contributed by atoms with Crippen molar-refractivity contribution in [2.75, 3.05) is 24.3 Å². The molecule has 0 aliphatic carbocycles. The maximum Gasteiger partial charge on any atom is 0.243 e. The number of rotatable bonds is 3. The molecule has 0 amide bonds. The van der Waals surface area contributed by atoms with Gasteiger partial charge < -0.3 is 5.73 Å². The largest absolute Gasteiger partial charge is 0.384 e. The van der Waals surface area contributed by atoms with Crippen molar-refractivity contribution in [2.45, 2.75) is 17.4 Å². The van der Waals surface area contributed by atoms with Gasteiger partial charge in [-0.05, 0) is 42.5 Å². The van der Waals surface area contributed by atoms with Gasteiger partial charge >= 0.3 is 0 Å². The standard InChI is InChI=1S/C14H17N3O2S2/c1-17(11-6-7-20-9-11)21(18,19)12-3-4-13-10(8-12)2-5-14(15)16-13/h2-5,8,11H,6-7,9H2,1H3,(H2,15,16). The number of hydrogen-bond donors (Lipinski definition) is 1. The van der Waals surface area contributed by atoms with Crippen LogP contribution in [0.25, 0.3) is 10.9 Å². The summed E-state index contributed by atoms with van der Waals surface area (Å²) < 4.78 is 26.9. The third-order valence-corrected chi connectivity index (χ3v) is 6.83. The minimum absolute atomic E-state index is 0.0836. The molecular weight excluding hydrogens is 306 g/mol. The van der Waals surface area contributed by atoms with E-state index in [2.05, 4.69) is 4.98 Å². The number of hydrogen-bond acceptors (Lipinski definition) is 5. The lowest BCUT2D eigenvalue weighted by atomic mass is 10.2. The first kappa shape index (κ1) is 14.6. The Balaban J connectivity index is 2.00. The highest BCUT2D eigenvalue weighted by Crippen LogP contribution is 2.27. The summed E-state index contributed by atoms with van der Waals surface area (Å²) in [5, 5.41) is 0.777. The van der Waals surface area contributed by atoms with E-state index in [1.54, 1.807) is 49.1 Å². The van der Waals surface area contributed by atoms with E-state index in [4.69, 9.17) is 5.73 Å². The number of fused-ring (bicyclic) bond motifs is 1. The molecule has 112 valence electrons. The van der Waals surface area contributed by atoms with E-state index in [9.17, 15) is 8.42 Å². The predicted molar refractivity (Wildman–Crippen MR) is 86.8 cm³/mol. The smallest absolute Gasteiger partial charge is 0.243 e. The Labute approximate surface area is 128 Å². The van der Waals surface area contributed by atoms with Crippen molar-refractivity contribution in [3.05, 3.63) is 30.3 Å². The third kappa shape index (κ3) is 2.73. The molecule has 3 rings (SSSR count). The molecule has 2 N–H and O–H groups in total. The first-order valence-electron chi connectivity index (χ1n) is 6.70. The molecule has 1 unspecified atom stereocenters. The van der Waals surface area contributed by atoms with Crippen LogP contribution in [-0.4, -0.2) is 42.3 Å². The van der Waals surface area contributed by atoms with Gasteiger partial charge in [0.1, 0.15) is 5.82 Å². The van der Waals surface area contributed by atoms with Crippen LogP contribution in [0.15, 0.2) is 35.2 Å². The summed E-state index contributed by atoms with van der Waals surface area (Å²) in [5.41, 5.74) is 6.34. The summed E-state index contributed by atoms with van der Waals surface area (Å²) in [7, 11) is -1.80. The zero-order valence-electron chi connectivity index (χ0n) is 11.7. The molecule has 2 heterocycles. The number of pyridine rings is 1. The monoisotopic (exact) mass is 323 g/mol. The molecule has 0 saturated carbocycles. The van der Waals surface area contributed by atoms with Crippen LogP contribution >= 0.6 is 11.8 Å². The normalized spacial score (nSPS) is 19.4. The molecule has 1 aromatic heterocycles. The summed E-state index contributed by atoms with van der Waals surface area (Å²) in [6, 6.07) is 8.52. The lowest BCUT2D eigenvalue weighted by molar-refractivity contribution is 0.394. The van der Waals surface area contributed by atoms with E-state index in [-0.39, 0.29) is 6.04 Å². The van der Waals surface area contributed by atoms with Crippen molar-refractivity contribution in [3.8, 4) is 0 Å². The molecule has 2 aromatic rings.